The summed E-state index contributed by atoms with van der Waals surface area (Å²) in [7, 11) is 0. The molecule has 4 heteroatoms. The van der Waals surface area contributed by atoms with Crippen LogP contribution in [0.15, 0.2) is 84.9 Å². The molecule has 1 atom stereocenters. The molecule has 1 N–H and O–H groups in total. The summed E-state index contributed by atoms with van der Waals surface area (Å²) in [4.78, 5) is 28.0. The van der Waals surface area contributed by atoms with E-state index in [9.17, 15) is 9.59 Å². The SMILES string of the molecule is CCC(=O)N(Cc1ccccc1)[C@H](Cc1ccccc1)C(=O)NCc1ccc(C)cc1. The number of carbonyl (C=O) groups excluding carboxylic acids is 2. The molecule has 0 aromatic heterocycles. The van der Waals surface area contributed by atoms with Crippen molar-refractivity contribution in [3.8, 4) is 0 Å². The summed E-state index contributed by atoms with van der Waals surface area (Å²) in [6, 6.07) is 27.2. The lowest BCUT2D eigenvalue weighted by molar-refractivity contribution is -0.141. The van der Waals surface area contributed by atoms with Gasteiger partial charge in [-0.2, -0.15) is 0 Å². The van der Waals surface area contributed by atoms with E-state index in [4.69, 9.17) is 0 Å². The van der Waals surface area contributed by atoms with Crippen molar-refractivity contribution in [3.05, 3.63) is 107 Å². The Balaban J connectivity index is 1.83. The average Bonchev–Trinajstić information content (AvgIpc) is 2.81. The topological polar surface area (TPSA) is 49.4 Å². The molecular weight excluding hydrogens is 384 g/mol. The minimum atomic E-state index is -0.583. The maximum absolute atomic E-state index is 13.3. The first-order chi connectivity index (χ1) is 15.1. The van der Waals surface area contributed by atoms with Gasteiger partial charge in [0.05, 0.1) is 0 Å². The van der Waals surface area contributed by atoms with E-state index in [1.54, 1.807) is 4.90 Å². The molecule has 0 radical (unpaired) electrons. The highest BCUT2D eigenvalue weighted by atomic mass is 16.2. The van der Waals surface area contributed by atoms with E-state index in [1.807, 2.05) is 98.8 Å². The number of nitrogens with one attached hydrogen (secondary N) is 1. The van der Waals surface area contributed by atoms with Gasteiger partial charge < -0.3 is 10.2 Å². The summed E-state index contributed by atoms with van der Waals surface area (Å²) < 4.78 is 0. The van der Waals surface area contributed by atoms with Crippen LogP contribution in [0.1, 0.15) is 35.6 Å². The molecule has 0 saturated carbocycles. The Morgan fingerprint density at radius 2 is 1.39 bits per heavy atom. The van der Waals surface area contributed by atoms with E-state index in [0.29, 0.717) is 25.9 Å². The fraction of sp³-hybridized carbons (Fsp3) is 0.259. The van der Waals surface area contributed by atoms with Crippen LogP contribution in [0.3, 0.4) is 0 Å². The van der Waals surface area contributed by atoms with Crippen LogP contribution in [0.5, 0.6) is 0 Å². The Morgan fingerprint density at radius 1 is 0.806 bits per heavy atom. The number of nitrogens with zero attached hydrogens (tertiary/aromatic N) is 1. The first kappa shape index (κ1) is 22.3. The number of carbonyl (C=O) groups is 2. The molecule has 4 nitrogen and oxygen atoms in total. The van der Waals surface area contributed by atoms with E-state index in [1.165, 1.54) is 5.56 Å². The number of benzene rings is 3. The molecule has 0 bridgehead atoms. The van der Waals surface area contributed by atoms with Crippen LogP contribution in [0.25, 0.3) is 0 Å². The van der Waals surface area contributed by atoms with Gasteiger partial charge in [-0.25, -0.2) is 0 Å². The molecular formula is C27H30N2O2. The number of hydrogen-bond acceptors (Lipinski definition) is 2. The van der Waals surface area contributed by atoms with Crippen molar-refractivity contribution in [3.63, 3.8) is 0 Å². The fourth-order valence-electron chi connectivity index (χ4n) is 3.55. The van der Waals surface area contributed by atoms with Crippen LogP contribution < -0.4 is 5.32 Å². The lowest BCUT2D eigenvalue weighted by Crippen LogP contribution is -2.50. The van der Waals surface area contributed by atoms with E-state index >= 15 is 0 Å². The minimum Gasteiger partial charge on any atom is -0.350 e. The average molecular weight is 415 g/mol. The van der Waals surface area contributed by atoms with Crippen LogP contribution in [0.2, 0.25) is 0 Å². The Morgan fingerprint density at radius 3 is 1.97 bits per heavy atom. The van der Waals surface area contributed by atoms with E-state index in [2.05, 4.69) is 5.32 Å². The summed E-state index contributed by atoms with van der Waals surface area (Å²) >= 11 is 0. The van der Waals surface area contributed by atoms with Gasteiger partial charge in [-0.1, -0.05) is 97.4 Å². The molecule has 0 fully saturated rings. The summed E-state index contributed by atoms with van der Waals surface area (Å²) in [5.74, 6) is -0.169. The lowest BCUT2D eigenvalue weighted by Gasteiger charge is -2.31. The number of aryl methyl sites for hydroxylation is 1. The van der Waals surface area contributed by atoms with Crippen molar-refractivity contribution in [1.82, 2.24) is 10.2 Å². The summed E-state index contributed by atoms with van der Waals surface area (Å²) in [6.45, 7) is 4.72. The normalized spacial score (nSPS) is 11.5. The quantitative estimate of drug-likeness (QED) is 0.554. The Kier molecular flexibility index (Phi) is 7.99. The maximum Gasteiger partial charge on any atom is 0.243 e. The van der Waals surface area contributed by atoms with E-state index in [0.717, 1.165) is 16.7 Å². The third-order valence-corrected chi connectivity index (χ3v) is 5.36. The molecule has 0 aliphatic carbocycles. The second kappa shape index (κ2) is 11.1. The molecule has 0 unspecified atom stereocenters. The van der Waals surface area contributed by atoms with Gasteiger partial charge >= 0.3 is 0 Å². The van der Waals surface area contributed by atoms with Crippen molar-refractivity contribution < 1.29 is 9.59 Å². The zero-order valence-electron chi connectivity index (χ0n) is 18.3. The second-order valence-electron chi connectivity index (χ2n) is 7.77. The number of hydrogen-bond donors (Lipinski definition) is 1. The van der Waals surface area contributed by atoms with Crippen molar-refractivity contribution in [2.45, 2.75) is 45.8 Å². The van der Waals surface area contributed by atoms with Crippen molar-refractivity contribution in [2.24, 2.45) is 0 Å². The Hall–Kier alpha value is -3.40. The Bertz CT molecular complexity index is 969. The summed E-state index contributed by atoms with van der Waals surface area (Å²) in [5, 5.41) is 3.05. The zero-order valence-corrected chi connectivity index (χ0v) is 18.3. The van der Waals surface area contributed by atoms with Gasteiger partial charge in [0.2, 0.25) is 11.8 Å². The van der Waals surface area contributed by atoms with Crippen molar-refractivity contribution in [1.29, 1.82) is 0 Å². The van der Waals surface area contributed by atoms with Crippen LogP contribution in [0, 0.1) is 6.92 Å². The van der Waals surface area contributed by atoms with Crippen molar-refractivity contribution in [2.75, 3.05) is 0 Å². The summed E-state index contributed by atoms with van der Waals surface area (Å²) in [6.07, 6.45) is 0.822. The zero-order chi connectivity index (χ0) is 22.1. The molecule has 3 aromatic rings. The van der Waals surface area contributed by atoms with Crippen LogP contribution >= 0.6 is 0 Å². The molecule has 3 aromatic carbocycles. The Labute approximate surface area is 184 Å². The first-order valence-electron chi connectivity index (χ1n) is 10.8. The van der Waals surface area contributed by atoms with Crippen LogP contribution in [-0.4, -0.2) is 22.8 Å². The second-order valence-corrected chi connectivity index (χ2v) is 7.77. The van der Waals surface area contributed by atoms with Gasteiger partial charge in [-0.05, 0) is 23.6 Å². The molecule has 0 saturated heterocycles. The molecule has 160 valence electrons. The van der Waals surface area contributed by atoms with Gasteiger partial charge in [0.25, 0.3) is 0 Å². The van der Waals surface area contributed by atoms with Gasteiger partial charge in [0.1, 0.15) is 6.04 Å². The highest BCUT2D eigenvalue weighted by Gasteiger charge is 2.29. The fourth-order valence-corrected chi connectivity index (χ4v) is 3.55. The molecule has 0 aliphatic heterocycles. The third kappa shape index (κ3) is 6.54. The highest BCUT2D eigenvalue weighted by Crippen LogP contribution is 2.16. The van der Waals surface area contributed by atoms with Gasteiger partial charge in [0, 0.05) is 25.9 Å². The molecule has 0 aliphatic rings. The smallest absolute Gasteiger partial charge is 0.243 e. The molecule has 31 heavy (non-hydrogen) atoms. The predicted octanol–water partition coefficient (Wildman–Crippen LogP) is 4.66. The van der Waals surface area contributed by atoms with Gasteiger partial charge in [-0.3, -0.25) is 9.59 Å². The highest BCUT2D eigenvalue weighted by molar-refractivity contribution is 5.87. The van der Waals surface area contributed by atoms with Crippen molar-refractivity contribution >= 4 is 11.8 Å². The molecule has 0 spiro atoms. The van der Waals surface area contributed by atoms with Crippen LogP contribution in [0.4, 0.5) is 0 Å². The number of amides is 2. The maximum atomic E-state index is 13.3. The van der Waals surface area contributed by atoms with E-state index < -0.39 is 6.04 Å². The molecule has 0 heterocycles. The standard InChI is InChI=1S/C27H30N2O2/c1-3-26(30)29(20-24-12-8-5-9-13-24)25(18-22-10-6-4-7-11-22)27(31)28-19-23-16-14-21(2)15-17-23/h4-17,25H,3,18-20H2,1-2H3,(H,28,31)/t25-/m1/s1. The molecule has 3 rings (SSSR count). The van der Waals surface area contributed by atoms with E-state index in [-0.39, 0.29) is 11.8 Å². The minimum absolute atomic E-state index is 0.0322. The van der Waals surface area contributed by atoms with Gasteiger partial charge in [-0.15, -0.1) is 0 Å². The summed E-state index contributed by atoms with van der Waals surface area (Å²) in [5.41, 5.74) is 4.25. The third-order valence-electron chi connectivity index (χ3n) is 5.36. The monoisotopic (exact) mass is 414 g/mol. The first-order valence-corrected chi connectivity index (χ1v) is 10.8. The number of rotatable bonds is 9. The largest absolute Gasteiger partial charge is 0.350 e. The molecule has 2 amide bonds. The lowest BCUT2D eigenvalue weighted by atomic mass is 10.0. The van der Waals surface area contributed by atoms with Crippen LogP contribution in [-0.2, 0) is 29.1 Å². The van der Waals surface area contributed by atoms with Gasteiger partial charge in [0.15, 0.2) is 0 Å². The predicted molar refractivity (Wildman–Crippen MR) is 124 cm³/mol.